The third-order valence-corrected chi connectivity index (χ3v) is 1.83. The highest BCUT2D eigenvalue weighted by Crippen LogP contribution is 2.22. The molecule has 0 saturated heterocycles. The predicted molar refractivity (Wildman–Crippen MR) is 49.6 cm³/mol. The molecule has 0 atom stereocenters. The van der Waals surface area contributed by atoms with Gasteiger partial charge in [0.2, 0.25) is 0 Å². The normalized spacial score (nSPS) is 10.0. The van der Waals surface area contributed by atoms with Gasteiger partial charge in [-0.3, -0.25) is 10.1 Å². The van der Waals surface area contributed by atoms with Gasteiger partial charge in [0.25, 0.3) is 5.69 Å². The SMILES string of the molecule is O=[N+]([O-])c1ccc(-c2cc[c]o2)cc1. The van der Waals surface area contributed by atoms with Crippen LogP contribution in [0.3, 0.4) is 0 Å². The van der Waals surface area contributed by atoms with Gasteiger partial charge in [0.15, 0.2) is 6.26 Å². The third-order valence-electron chi connectivity index (χ3n) is 1.83. The van der Waals surface area contributed by atoms with Crippen molar-refractivity contribution in [2.24, 2.45) is 0 Å². The van der Waals surface area contributed by atoms with E-state index in [9.17, 15) is 10.1 Å². The summed E-state index contributed by atoms with van der Waals surface area (Å²) in [6.07, 6.45) is 2.56. The minimum atomic E-state index is -0.432. The van der Waals surface area contributed by atoms with Gasteiger partial charge in [-0.25, -0.2) is 0 Å². The van der Waals surface area contributed by atoms with Crippen molar-refractivity contribution < 1.29 is 9.34 Å². The van der Waals surface area contributed by atoms with Gasteiger partial charge in [-0.1, -0.05) is 0 Å². The van der Waals surface area contributed by atoms with E-state index in [0.29, 0.717) is 5.76 Å². The monoisotopic (exact) mass is 188 g/mol. The van der Waals surface area contributed by atoms with E-state index in [1.165, 1.54) is 12.1 Å². The second-order valence-electron chi connectivity index (χ2n) is 2.72. The van der Waals surface area contributed by atoms with Gasteiger partial charge in [-0.15, -0.1) is 0 Å². The van der Waals surface area contributed by atoms with Gasteiger partial charge in [0.05, 0.1) is 4.92 Å². The molecule has 0 bridgehead atoms. The van der Waals surface area contributed by atoms with Crippen LogP contribution >= 0.6 is 0 Å². The number of rotatable bonds is 2. The van der Waals surface area contributed by atoms with Crippen LogP contribution in [0.4, 0.5) is 5.69 Å². The summed E-state index contributed by atoms with van der Waals surface area (Å²) in [5, 5.41) is 10.4. The molecule has 69 valence electrons. The van der Waals surface area contributed by atoms with E-state index in [4.69, 9.17) is 4.42 Å². The van der Waals surface area contributed by atoms with Crippen LogP contribution in [0.2, 0.25) is 0 Å². The molecule has 4 heteroatoms. The first-order valence-corrected chi connectivity index (χ1v) is 3.98. The minimum absolute atomic E-state index is 0.0734. The molecule has 2 rings (SSSR count). The molecule has 0 aliphatic heterocycles. The molecular weight excluding hydrogens is 182 g/mol. The highest BCUT2D eigenvalue weighted by molar-refractivity contribution is 5.58. The van der Waals surface area contributed by atoms with Crippen molar-refractivity contribution in [2.45, 2.75) is 0 Å². The quantitative estimate of drug-likeness (QED) is 0.537. The molecule has 2 aromatic rings. The summed E-state index contributed by atoms with van der Waals surface area (Å²) >= 11 is 0. The Bertz CT molecular complexity index is 431. The average Bonchev–Trinajstić information content (AvgIpc) is 2.71. The average molecular weight is 188 g/mol. The van der Waals surface area contributed by atoms with Crippen molar-refractivity contribution in [1.29, 1.82) is 0 Å². The largest absolute Gasteiger partial charge is 0.453 e. The van der Waals surface area contributed by atoms with Crippen molar-refractivity contribution in [1.82, 2.24) is 0 Å². The second-order valence-corrected chi connectivity index (χ2v) is 2.72. The molecule has 0 saturated carbocycles. The second kappa shape index (κ2) is 3.33. The topological polar surface area (TPSA) is 56.3 Å². The van der Waals surface area contributed by atoms with E-state index >= 15 is 0 Å². The van der Waals surface area contributed by atoms with Crippen LogP contribution in [0, 0.1) is 16.4 Å². The molecule has 0 fully saturated rings. The van der Waals surface area contributed by atoms with Gasteiger partial charge < -0.3 is 4.42 Å². The Hall–Kier alpha value is -2.10. The number of hydrogen-bond donors (Lipinski definition) is 0. The molecule has 0 N–H and O–H groups in total. The summed E-state index contributed by atoms with van der Waals surface area (Å²) in [4.78, 5) is 9.94. The van der Waals surface area contributed by atoms with E-state index in [1.807, 2.05) is 0 Å². The first-order chi connectivity index (χ1) is 6.77. The maximum atomic E-state index is 10.4. The summed E-state index contributed by atoms with van der Waals surface area (Å²) in [7, 11) is 0. The Morgan fingerprint density at radius 3 is 2.43 bits per heavy atom. The van der Waals surface area contributed by atoms with E-state index in [-0.39, 0.29) is 5.69 Å². The molecule has 1 aromatic carbocycles. The molecule has 0 unspecified atom stereocenters. The van der Waals surface area contributed by atoms with Crippen LogP contribution in [0.15, 0.2) is 40.8 Å². The Balaban J connectivity index is 2.36. The van der Waals surface area contributed by atoms with Crippen LogP contribution in [0.25, 0.3) is 11.3 Å². The molecule has 1 heterocycles. The highest BCUT2D eigenvalue weighted by Gasteiger charge is 2.05. The number of hydrogen-bond acceptors (Lipinski definition) is 3. The van der Waals surface area contributed by atoms with Gasteiger partial charge in [-0.2, -0.15) is 0 Å². The van der Waals surface area contributed by atoms with Crippen LogP contribution in [-0.4, -0.2) is 4.92 Å². The summed E-state index contributed by atoms with van der Waals surface area (Å²) in [6, 6.07) is 9.57. The Kier molecular flexibility index (Phi) is 2.02. The zero-order chi connectivity index (χ0) is 9.97. The number of nitrogens with zero attached hydrogens (tertiary/aromatic N) is 1. The van der Waals surface area contributed by atoms with Gasteiger partial charge in [0, 0.05) is 17.7 Å². The van der Waals surface area contributed by atoms with E-state index < -0.39 is 4.92 Å². The molecule has 4 nitrogen and oxygen atoms in total. The van der Waals surface area contributed by atoms with E-state index in [0.717, 1.165) is 5.56 Å². The number of benzene rings is 1. The molecule has 1 aromatic heterocycles. The fourth-order valence-corrected chi connectivity index (χ4v) is 1.14. The van der Waals surface area contributed by atoms with Crippen LogP contribution in [0.5, 0.6) is 0 Å². The lowest BCUT2D eigenvalue weighted by Crippen LogP contribution is -1.86. The lowest BCUT2D eigenvalue weighted by atomic mass is 10.1. The standard InChI is InChI=1S/C10H6NO3/c12-11(13)9-5-3-8(4-6-9)10-2-1-7-14-10/h1-6H. The number of nitro groups is 1. The number of non-ortho nitro benzene ring substituents is 1. The Morgan fingerprint density at radius 1 is 1.21 bits per heavy atom. The molecule has 1 radical (unpaired) electrons. The van der Waals surface area contributed by atoms with Gasteiger partial charge in [-0.05, 0) is 24.3 Å². The molecule has 0 aliphatic carbocycles. The van der Waals surface area contributed by atoms with Crippen molar-refractivity contribution in [3.05, 3.63) is 52.8 Å². The predicted octanol–water partition coefficient (Wildman–Crippen LogP) is 2.65. The summed E-state index contributed by atoms with van der Waals surface area (Å²) in [5.74, 6) is 0.653. The summed E-state index contributed by atoms with van der Waals surface area (Å²) in [6.45, 7) is 0. The number of furan rings is 1. The van der Waals surface area contributed by atoms with Crippen molar-refractivity contribution in [3.8, 4) is 11.3 Å². The first-order valence-electron chi connectivity index (χ1n) is 3.98. The lowest BCUT2D eigenvalue weighted by Gasteiger charge is -1.95. The van der Waals surface area contributed by atoms with Crippen LogP contribution in [-0.2, 0) is 0 Å². The first kappa shape index (κ1) is 8.50. The maximum Gasteiger partial charge on any atom is 0.269 e. The van der Waals surface area contributed by atoms with E-state index in [1.54, 1.807) is 24.3 Å². The maximum absolute atomic E-state index is 10.4. The van der Waals surface area contributed by atoms with Gasteiger partial charge >= 0.3 is 0 Å². The van der Waals surface area contributed by atoms with Crippen LogP contribution in [0.1, 0.15) is 0 Å². The van der Waals surface area contributed by atoms with Crippen molar-refractivity contribution >= 4 is 5.69 Å². The summed E-state index contributed by atoms with van der Waals surface area (Å²) < 4.78 is 5.03. The fraction of sp³-hybridized carbons (Fsp3) is 0. The fourth-order valence-electron chi connectivity index (χ4n) is 1.14. The van der Waals surface area contributed by atoms with Gasteiger partial charge in [0.1, 0.15) is 5.76 Å². The zero-order valence-electron chi connectivity index (χ0n) is 7.14. The molecular formula is C10H6NO3. The zero-order valence-corrected chi connectivity index (χ0v) is 7.14. The molecule has 0 amide bonds. The minimum Gasteiger partial charge on any atom is -0.453 e. The highest BCUT2D eigenvalue weighted by atomic mass is 16.6. The Labute approximate surface area is 79.9 Å². The van der Waals surface area contributed by atoms with Crippen molar-refractivity contribution in [3.63, 3.8) is 0 Å². The third kappa shape index (κ3) is 1.50. The smallest absolute Gasteiger partial charge is 0.269 e. The molecule has 0 aliphatic rings. The Morgan fingerprint density at radius 2 is 1.93 bits per heavy atom. The van der Waals surface area contributed by atoms with Crippen LogP contribution < -0.4 is 0 Å². The van der Waals surface area contributed by atoms with Crippen molar-refractivity contribution in [2.75, 3.05) is 0 Å². The number of nitro benzene ring substituents is 1. The summed E-state index contributed by atoms with van der Waals surface area (Å²) in [5.41, 5.74) is 0.876. The molecule has 14 heavy (non-hydrogen) atoms. The molecule has 0 spiro atoms. The lowest BCUT2D eigenvalue weighted by molar-refractivity contribution is -0.384. The van der Waals surface area contributed by atoms with E-state index in [2.05, 4.69) is 6.26 Å².